The first-order chi connectivity index (χ1) is 13.0. The zero-order valence-electron chi connectivity index (χ0n) is 15.2. The van der Waals surface area contributed by atoms with Gasteiger partial charge in [0.05, 0.1) is 13.7 Å². The Hall–Kier alpha value is -2.44. The van der Waals surface area contributed by atoms with Crippen LogP contribution in [-0.4, -0.2) is 36.5 Å². The molecule has 0 saturated heterocycles. The van der Waals surface area contributed by atoms with E-state index in [2.05, 4.69) is 0 Å². The number of carbonyl (C=O) groups excluding carboxylic acids is 2. The largest absolute Gasteiger partial charge is 0.467 e. The fraction of sp³-hybridized carbons (Fsp3) is 0.500. The van der Waals surface area contributed by atoms with Gasteiger partial charge in [-0.1, -0.05) is 38.2 Å². The molecule has 0 spiro atoms. The minimum absolute atomic E-state index is 0.0152. The number of esters is 1. The molecule has 1 saturated carbocycles. The molecular formula is C20H23F2NO4. The van der Waals surface area contributed by atoms with Crippen LogP contribution in [0, 0.1) is 17.6 Å². The van der Waals surface area contributed by atoms with E-state index < -0.39 is 29.6 Å². The maximum Gasteiger partial charge on any atom is 0.328 e. The fourth-order valence-electron chi connectivity index (χ4n) is 3.77. The lowest BCUT2D eigenvalue weighted by Gasteiger charge is -2.30. The van der Waals surface area contributed by atoms with Crippen molar-refractivity contribution >= 4 is 11.9 Å². The summed E-state index contributed by atoms with van der Waals surface area (Å²) in [5, 5.41) is 0. The van der Waals surface area contributed by atoms with Gasteiger partial charge in [0.15, 0.2) is 11.6 Å². The summed E-state index contributed by atoms with van der Waals surface area (Å²) in [6.45, 7) is 0.0152. The molecule has 1 aliphatic carbocycles. The molecule has 5 nitrogen and oxygen atoms in total. The van der Waals surface area contributed by atoms with Crippen molar-refractivity contribution < 1.29 is 27.8 Å². The molecule has 1 fully saturated rings. The zero-order chi connectivity index (χ0) is 19.4. The van der Waals surface area contributed by atoms with Crippen molar-refractivity contribution in [2.45, 2.75) is 44.6 Å². The molecule has 0 bridgehead atoms. The van der Waals surface area contributed by atoms with E-state index in [1.165, 1.54) is 36.6 Å². The molecular weight excluding hydrogens is 356 g/mol. The number of hydrogen-bond acceptors (Lipinski definition) is 4. The number of hydrogen-bond donors (Lipinski definition) is 0. The van der Waals surface area contributed by atoms with Crippen molar-refractivity contribution in [3.05, 3.63) is 41.7 Å². The summed E-state index contributed by atoms with van der Waals surface area (Å²) in [6.07, 6.45) is 7.24. The van der Waals surface area contributed by atoms with Crippen molar-refractivity contribution in [1.82, 2.24) is 4.90 Å². The van der Waals surface area contributed by atoms with E-state index in [1.54, 1.807) is 0 Å². The Morgan fingerprint density at radius 3 is 2.70 bits per heavy atom. The minimum atomic E-state index is -1.11. The van der Waals surface area contributed by atoms with Crippen molar-refractivity contribution in [1.29, 1.82) is 0 Å². The quantitative estimate of drug-likeness (QED) is 0.709. The monoisotopic (exact) mass is 379 g/mol. The molecule has 0 radical (unpaired) electrons. The van der Waals surface area contributed by atoms with Crippen LogP contribution in [0.2, 0.25) is 0 Å². The lowest BCUT2D eigenvalue weighted by Crippen LogP contribution is -2.44. The predicted octanol–water partition coefficient (Wildman–Crippen LogP) is 3.58. The summed E-state index contributed by atoms with van der Waals surface area (Å²) in [5.41, 5.74) is 0. The van der Waals surface area contributed by atoms with Crippen LogP contribution in [0.15, 0.2) is 30.0 Å². The van der Waals surface area contributed by atoms with Gasteiger partial charge in [0.1, 0.15) is 11.8 Å². The first-order valence-corrected chi connectivity index (χ1v) is 9.20. The second-order valence-electron chi connectivity index (χ2n) is 7.01. The Bertz CT molecular complexity index is 743. The lowest BCUT2D eigenvalue weighted by atomic mass is 9.84. The van der Waals surface area contributed by atoms with Gasteiger partial charge in [0.25, 0.3) is 5.91 Å². The highest BCUT2D eigenvalue weighted by Gasteiger charge is 2.36. The van der Waals surface area contributed by atoms with E-state index in [1.807, 2.05) is 0 Å². The van der Waals surface area contributed by atoms with Gasteiger partial charge in [0.2, 0.25) is 5.82 Å². The molecule has 2 aliphatic rings. The van der Waals surface area contributed by atoms with Crippen LogP contribution in [-0.2, 0) is 14.3 Å². The maximum absolute atomic E-state index is 13.8. The van der Waals surface area contributed by atoms with Gasteiger partial charge in [0, 0.05) is 6.08 Å². The van der Waals surface area contributed by atoms with Crippen molar-refractivity contribution in [3.63, 3.8) is 0 Å². The molecule has 3 rings (SSSR count). The molecule has 1 aromatic carbocycles. The number of nitrogens with zero attached hydrogens (tertiary/aromatic N) is 1. The highest BCUT2D eigenvalue weighted by atomic mass is 19.2. The van der Waals surface area contributed by atoms with Crippen LogP contribution < -0.4 is 4.74 Å². The van der Waals surface area contributed by atoms with E-state index in [0.29, 0.717) is 12.3 Å². The highest BCUT2D eigenvalue weighted by Crippen LogP contribution is 2.31. The Labute approximate surface area is 156 Å². The van der Waals surface area contributed by atoms with E-state index >= 15 is 0 Å². The van der Waals surface area contributed by atoms with Crippen LogP contribution in [0.5, 0.6) is 5.75 Å². The Balaban J connectivity index is 1.71. The smallest absolute Gasteiger partial charge is 0.328 e. The molecule has 1 unspecified atom stereocenters. The fourth-order valence-corrected chi connectivity index (χ4v) is 3.77. The number of methoxy groups -OCH3 is 1. The van der Waals surface area contributed by atoms with E-state index in [0.717, 1.165) is 31.7 Å². The third-order valence-electron chi connectivity index (χ3n) is 5.18. The molecule has 1 amide bonds. The first kappa shape index (κ1) is 19.3. The van der Waals surface area contributed by atoms with Gasteiger partial charge < -0.3 is 14.4 Å². The van der Waals surface area contributed by atoms with Crippen LogP contribution in [0.1, 0.15) is 38.5 Å². The van der Waals surface area contributed by atoms with Crippen molar-refractivity contribution in [3.8, 4) is 5.75 Å². The van der Waals surface area contributed by atoms with Crippen LogP contribution in [0.4, 0.5) is 8.78 Å². The van der Waals surface area contributed by atoms with E-state index in [4.69, 9.17) is 9.47 Å². The molecule has 1 aromatic rings. The number of rotatable bonds is 6. The molecule has 1 heterocycles. The number of halogens is 2. The summed E-state index contributed by atoms with van der Waals surface area (Å²) in [5.74, 6) is -2.77. The van der Waals surface area contributed by atoms with Gasteiger partial charge in [-0.05, 0) is 24.5 Å². The average Bonchev–Trinajstić information content (AvgIpc) is 3.03. The molecule has 1 aliphatic heterocycles. The standard InChI is InChI=1S/C20H23F2NO4/c1-26-20(25)16(10-13-6-3-2-4-7-13)23-12-14(11-18(23)24)27-17-9-5-8-15(21)19(17)22/h5,8-9,11,13,16H,2-4,6-7,10,12H2,1H3. The highest BCUT2D eigenvalue weighted by molar-refractivity contribution is 5.94. The van der Waals surface area contributed by atoms with Gasteiger partial charge in [-0.15, -0.1) is 0 Å². The topological polar surface area (TPSA) is 55.8 Å². The molecule has 0 aromatic heterocycles. The minimum Gasteiger partial charge on any atom is -0.467 e. The van der Waals surface area contributed by atoms with Crippen molar-refractivity contribution in [2.24, 2.45) is 5.92 Å². The number of ether oxygens (including phenoxy) is 2. The van der Waals surface area contributed by atoms with Crippen molar-refractivity contribution in [2.75, 3.05) is 13.7 Å². The summed E-state index contributed by atoms with van der Waals surface area (Å²) in [6, 6.07) is 2.88. The predicted molar refractivity (Wildman–Crippen MR) is 93.8 cm³/mol. The lowest BCUT2D eigenvalue weighted by molar-refractivity contribution is -0.151. The Morgan fingerprint density at radius 1 is 1.26 bits per heavy atom. The van der Waals surface area contributed by atoms with Crippen LogP contribution in [0.3, 0.4) is 0 Å². The van der Waals surface area contributed by atoms with Gasteiger partial charge >= 0.3 is 5.97 Å². The second-order valence-corrected chi connectivity index (χ2v) is 7.01. The van der Waals surface area contributed by atoms with E-state index in [9.17, 15) is 18.4 Å². The molecule has 1 atom stereocenters. The molecule has 146 valence electrons. The van der Waals surface area contributed by atoms with Gasteiger partial charge in [-0.2, -0.15) is 4.39 Å². The van der Waals surface area contributed by atoms with Crippen LogP contribution >= 0.6 is 0 Å². The van der Waals surface area contributed by atoms with E-state index in [-0.39, 0.29) is 18.1 Å². The Morgan fingerprint density at radius 2 is 2.00 bits per heavy atom. The average molecular weight is 379 g/mol. The number of carbonyl (C=O) groups is 2. The normalized spacial score (nSPS) is 19.0. The third kappa shape index (κ3) is 4.46. The summed E-state index contributed by atoms with van der Waals surface area (Å²) >= 11 is 0. The van der Waals surface area contributed by atoms with Crippen LogP contribution in [0.25, 0.3) is 0 Å². The molecule has 0 N–H and O–H groups in total. The molecule has 7 heteroatoms. The third-order valence-corrected chi connectivity index (χ3v) is 5.18. The summed E-state index contributed by atoms with van der Waals surface area (Å²) in [7, 11) is 1.30. The number of amides is 1. The first-order valence-electron chi connectivity index (χ1n) is 9.20. The molecule has 27 heavy (non-hydrogen) atoms. The number of benzene rings is 1. The van der Waals surface area contributed by atoms with Gasteiger partial charge in [-0.25, -0.2) is 9.18 Å². The maximum atomic E-state index is 13.8. The SMILES string of the molecule is COC(=O)C(CC1CCCCC1)N1CC(Oc2cccc(F)c2F)=CC1=O. The van der Waals surface area contributed by atoms with Gasteiger partial charge in [-0.3, -0.25) is 4.79 Å². The Kier molecular flexibility index (Phi) is 6.08. The summed E-state index contributed by atoms with van der Waals surface area (Å²) in [4.78, 5) is 26.1. The second kappa shape index (κ2) is 8.50. The zero-order valence-corrected chi connectivity index (χ0v) is 15.2. The summed E-state index contributed by atoms with van der Waals surface area (Å²) < 4.78 is 37.4.